The molecule has 0 radical (unpaired) electrons. The van der Waals surface area contributed by atoms with Gasteiger partial charge in [-0.25, -0.2) is 0 Å². The normalized spacial score (nSPS) is 23.5. The highest BCUT2D eigenvalue weighted by Gasteiger charge is 2.31. The lowest BCUT2D eigenvalue weighted by atomic mass is 9.83. The number of likely N-dealkylation sites (tertiary alicyclic amines) is 1. The molecule has 1 nitrogen and oxygen atoms in total. The van der Waals surface area contributed by atoms with E-state index in [9.17, 15) is 0 Å². The maximum Gasteiger partial charge on any atom is 0.0262 e. The predicted octanol–water partition coefficient (Wildman–Crippen LogP) is 3.02. The minimum absolute atomic E-state index is 0.608. The van der Waals surface area contributed by atoms with Crippen LogP contribution in [0.4, 0.5) is 0 Å². The van der Waals surface area contributed by atoms with Gasteiger partial charge < -0.3 is 4.90 Å². The molecule has 1 saturated heterocycles. The van der Waals surface area contributed by atoms with Crippen LogP contribution in [0.15, 0.2) is 42.6 Å². The highest BCUT2D eigenvalue weighted by molar-refractivity contribution is 5.78. The van der Waals surface area contributed by atoms with Crippen LogP contribution in [0.3, 0.4) is 0 Å². The van der Waals surface area contributed by atoms with Crippen LogP contribution in [0.25, 0.3) is 5.57 Å². The number of fused-ring (bicyclic) bond motifs is 3. The van der Waals surface area contributed by atoms with Gasteiger partial charge in [-0.3, -0.25) is 0 Å². The summed E-state index contributed by atoms with van der Waals surface area (Å²) in [4.78, 5) is 2.35. The van der Waals surface area contributed by atoms with E-state index >= 15 is 0 Å². The van der Waals surface area contributed by atoms with Gasteiger partial charge in [-0.05, 0) is 29.2 Å². The first-order valence-corrected chi connectivity index (χ1v) is 5.48. The molecule has 0 spiro atoms. The van der Waals surface area contributed by atoms with Gasteiger partial charge in [-0.2, -0.15) is 0 Å². The summed E-state index contributed by atoms with van der Waals surface area (Å²) in [6.07, 6.45) is 3.49. The Balaban J connectivity index is 2.18. The van der Waals surface area contributed by atoms with Crippen LogP contribution in [0, 0.1) is 0 Å². The van der Waals surface area contributed by atoms with E-state index in [1.807, 2.05) is 0 Å². The molecule has 1 aliphatic heterocycles. The molecule has 1 aliphatic carbocycles. The SMILES string of the molecule is C=C1C=C2C(CCN2C)c2ccccc21. The fraction of sp³-hybridized carbons (Fsp3) is 0.286. The summed E-state index contributed by atoms with van der Waals surface area (Å²) >= 11 is 0. The summed E-state index contributed by atoms with van der Waals surface area (Å²) in [6, 6.07) is 8.66. The van der Waals surface area contributed by atoms with Crippen molar-refractivity contribution in [1.29, 1.82) is 0 Å². The molecule has 0 saturated carbocycles. The minimum atomic E-state index is 0.608. The van der Waals surface area contributed by atoms with E-state index in [1.54, 1.807) is 0 Å². The van der Waals surface area contributed by atoms with Crippen molar-refractivity contribution in [1.82, 2.24) is 4.90 Å². The molecule has 0 bridgehead atoms. The highest BCUT2D eigenvalue weighted by atomic mass is 15.1. The van der Waals surface area contributed by atoms with Crippen molar-refractivity contribution in [3.63, 3.8) is 0 Å². The summed E-state index contributed by atoms with van der Waals surface area (Å²) in [6.45, 7) is 5.31. The third-order valence-corrected chi connectivity index (χ3v) is 3.56. The Kier molecular flexibility index (Phi) is 1.75. The van der Waals surface area contributed by atoms with E-state index in [0.29, 0.717) is 5.92 Å². The van der Waals surface area contributed by atoms with Crippen molar-refractivity contribution in [3.8, 4) is 0 Å². The number of hydrogen-bond donors (Lipinski definition) is 0. The number of hydrogen-bond acceptors (Lipinski definition) is 1. The van der Waals surface area contributed by atoms with Crippen molar-refractivity contribution < 1.29 is 0 Å². The summed E-state index contributed by atoms with van der Waals surface area (Å²) in [5.41, 5.74) is 5.40. The molecular formula is C14H15N. The first-order chi connectivity index (χ1) is 7.27. The third kappa shape index (κ3) is 1.16. The van der Waals surface area contributed by atoms with Crippen LogP contribution in [0.1, 0.15) is 23.5 Å². The molecule has 1 unspecified atom stereocenters. The Labute approximate surface area is 90.7 Å². The van der Waals surface area contributed by atoms with Crippen molar-refractivity contribution in [2.75, 3.05) is 13.6 Å². The van der Waals surface area contributed by atoms with Gasteiger partial charge in [-0.15, -0.1) is 0 Å². The lowest BCUT2D eigenvalue weighted by Crippen LogP contribution is -2.14. The first-order valence-electron chi connectivity index (χ1n) is 5.48. The molecule has 0 amide bonds. The number of benzene rings is 1. The smallest absolute Gasteiger partial charge is 0.0262 e. The molecule has 1 heteroatoms. The number of rotatable bonds is 0. The molecule has 0 N–H and O–H groups in total. The van der Waals surface area contributed by atoms with E-state index in [-0.39, 0.29) is 0 Å². The molecule has 1 atom stereocenters. The molecule has 3 rings (SSSR count). The van der Waals surface area contributed by atoms with Gasteiger partial charge in [0.2, 0.25) is 0 Å². The molecule has 0 aromatic heterocycles. The minimum Gasteiger partial charge on any atom is -0.377 e. The lowest BCUT2D eigenvalue weighted by Gasteiger charge is -2.25. The summed E-state index contributed by atoms with van der Waals surface area (Å²) < 4.78 is 0. The zero-order chi connectivity index (χ0) is 10.4. The quantitative estimate of drug-likeness (QED) is 0.618. The molecule has 1 aromatic carbocycles. The number of allylic oxidation sites excluding steroid dienone is 3. The lowest BCUT2D eigenvalue weighted by molar-refractivity contribution is 0.479. The van der Waals surface area contributed by atoms with Crippen LogP contribution in [-0.4, -0.2) is 18.5 Å². The van der Waals surface area contributed by atoms with Crippen LogP contribution in [0.5, 0.6) is 0 Å². The topological polar surface area (TPSA) is 3.24 Å². The maximum absolute atomic E-state index is 4.15. The van der Waals surface area contributed by atoms with Gasteiger partial charge >= 0.3 is 0 Å². The maximum atomic E-state index is 4.15. The van der Waals surface area contributed by atoms with Crippen molar-refractivity contribution in [2.24, 2.45) is 0 Å². The third-order valence-electron chi connectivity index (χ3n) is 3.56. The second-order valence-electron chi connectivity index (χ2n) is 4.44. The molecule has 2 aliphatic rings. The van der Waals surface area contributed by atoms with Gasteiger partial charge in [0, 0.05) is 25.2 Å². The number of likely N-dealkylation sites (N-methyl/N-ethyl adjacent to an activating group) is 1. The molecule has 1 heterocycles. The second kappa shape index (κ2) is 2.99. The fourth-order valence-corrected chi connectivity index (χ4v) is 2.74. The molecular weight excluding hydrogens is 182 g/mol. The fourth-order valence-electron chi connectivity index (χ4n) is 2.74. The number of nitrogens with zero attached hydrogens (tertiary/aromatic N) is 1. The first kappa shape index (κ1) is 8.78. The molecule has 1 fully saturated rings. The second-order valence-corrected chi connectivity index (χ2v) is 4.44. The van der Waals surface area contributed by atoms with Crippen molar-refractivity contribution in [2.45, 2.75) is 12.3 Å². The molecule has 15 heavy (non-hydrogen) atoms. The van der Waals surface area contributed by atoms with Crippen molar-refractivity contribution >= 4 is 5.57 Å². The summed E-state index contributed by atoms with van der Waals surface area (Å²) in [7, 11) is 2.17. The average Bonchev–Trinajstić information content (AvgIpc) is 2.62. The summed E-state index contributed by atoms with van der Waals surface area (Å²) in [5.74, 6) is 0.608. The summed E-state index contributed by atoms with van der Waals surface area (Å²) in [5, 5.41) is 0. The molecule has 76 valence electrons. The highest BCUT2D eigenvalue weighted by Crippen LogP contribution is 2.43. The Hall–Kier alpha value is -1.50. The van der Waals surface area contributed by atoms with Crippen molar-refractivity contribution in [3.05, 3.63) is 53.7 Å². The zero-order valence-corrected chi connectivity index (χ0v) is 9.03. The van der Waals surface area contributed by atoms with E-state index in [0.717, 1.165) is 12.1 Å². The van der Waals surface area contributed by atoms with Gasteiger partial charge in [0.25, 0.3) is 0 Å². The average molecular weight is 197 g/mol. The Morgan fingerprint density at radius 1 is 1.33 bits per heavy atom. The van der Waals surface area contributed by atoms with Crippen LogP contribution in [-0.2, 0) is 0 Å². The van der Waals surface area contributed by atoms with Crippen LogP contribution < -0.4 is 0 Å². The van der Waals surface area contributed by atoms with Crippen LogP contribution in [0.2, 0.25) is 0 Å². The molecule has 1 aromatic rings. The van der Waals surface area contributed by atoms with E-state index in [1.165, 1.54) is 23.2 Å². The van der Waals surface area contributed by atoms with Gasteiger partial charge in [-0.1, -0.05) is 30.8 Å². The largest absolute Gasteiger partial charge is 0.377 e. The Bertz CT molecular complexity index is 456. The van der Waals surface area contributed by atoms with Gasteiger partial charge in [0.1, 0.15) is 0 Å². The Morgan fingerprint density at radius 3 is 3.00 bits per heavy atom. The van der Waals surface area contributed by atoms with E-state index in [4.69, 9.17) is 0 Å². The van der Waals surface area contributed by atoms with Gasteiger partial charge in [0.15, 0.2) is 0 Å². The Morgan fingerprint density at radius 2 is 2.13 bits per heavy atom. The van der Waals surface area contributed by atoms with E-state index in [2.05, 4.69) is 48.9 Å². The van der Waals surface area contributed by atoms with Crippen LogP contribution >= 0.6 is 0 Å². The van der Waals surface area contributed by atoms with Gasteiger partial charge in [0.05, 0.1) is 0 Å². The monoisotopic (exact) mass is 197 g/mol. The predicted molar refractivity (Wildman–Crippen MR) is 63.5 cm³/mol. The van der Waals surface area contributed by atoms with E-state index < -0.39 is 0 Å². The zero-order valence-electron chi connectivity index (χ0n) is 9.03. The standard InChI is InChI=1S/C14H15N/c1-10-9-14-13(7-8-15(14)2)12-6-4-3-5-11(10)12/h3-6,9,13H,1,7-8H2,2H3.